The number of nitrogens with zero attached hydrogens (tertiary/aromatic N) is 1. The number of halogens is 1. The quantitative estimate of drug-likeness (QED) is 0.909. The molecule has 4 heteroatoms. The van der Waals surface area contributed by atoms with E-state index in [-0.39, 0.29) is 11.7 Å². The molecule has 0 unspecified atom stereocenters. The van der Waals surface area contributed by atoms with Gasteiger partial charge in [-0.1, -0.05) is 0 Å². The highest BCUT2D eigenvalue weighted by molar-refractivity contribution is 5.94. The van der Waals surface area contributed by atoms with Gasteiger partial charge in [0, 0.05) is 24.7 Å². The third kappa shape index (κ3) is 3.32. The molecule has 0 atom stereocenters. The second-order valence-electron chi connectivity index (χ2n) is 5.22. The van der Waals surface area contributed by atoms with E-state index in [2.05, 4.69) is 5.32 Å². The molecule has 19 heavy (non-hydrogen) atoms. The summed E-state index contributed by atoms with van der Waals surface area (Å²) in [6.45, 7) is 0. The second kappa shape index (κ2) is 6.15. The van der Waals surface area contributed by atoms with Gasteiger partial charge in [-0.2, -0.15) is 0 Å². The van der Waals surface area contributed by atoms with Crippen LogP contribution in [0.1, 0.15) is 36.0 Å². The van der Waals surface area contributed by atoms with Crippen molar-refractivity contribution < 1.29 is 9.18 Å². The average molecular weight is 264 g/mol. The summed E-state index contributed by atoms with van der Waals surface area (Å²) in [5.41, 5.74) is 0.555. The van der Waals surface area contributed by atoms with Gasteiger partial charge in [0.05, 0.1) is 0 Å². The largest absolute Gasteiger partial charge is 0.339 e. The fraction of sp³-hybridized carbons (Fsp3) is 0.533. The molecule has 0 spiro atoms. The van der Waals surface area contributed by atoms with E-state index in [1.807, 2.05) is 14.1 Å². The van der Waals surface area contributed by atoms with Crippen LogP contribution in [0.2, 0.25) is 0 Å². The van der Waals surface area contributed by atoms with Gasteiger partial charge >= 0.3 is 0 Å². The predicted octanol–water partition coefficient (Wildman–Crippen LogP) is 2.43. The van der Waals surface area contributed by atoms with E-state index >= 15 is 0 Å². The van der Waals surface area contributed by atoms with Crippen LogP contribution < -0.4 is 5.32 Å². The van der Waals surface area contributed by atoms with Crippen LogP contribution in [0.3, 0.4) is 0 Å². The normalized spacial score (nSPS) is 23.1. The number of amides is 1. The maximum atomic E-state index is 12.9. The molecule has 0 bridgehead atoms. The molecule has 0 radical (unpaired) electrons. The first-order chi connectivity index (χ1) is 9.11. The van der Waals surface area contributed by atoms with E-state index in [4.69, 9.17) is 0 Å². The number of carbonyl (C=O) groups is 1. The van der Waals surface area contributed by atoms with Gasteiger partial charge in [-0.25, -0.2) is 4.39 Å². The second-order valence-corrected chi connectivity index (χ2v) is 5.22. The van der Waals surface area contributed by atoms with Gasteiger partial charge in [-0.15, -0.1) is 0 Å². The zero-order valence-corrected chi connectivity index (χ0v) is 11.5. The van der Waals surface area contributed by atoms with Gasteiger partial charge in [0.1, 0.15) is 5.82 Å². The summed E-state index contributed by atoms with van der Waals surface area (Å²) in [6.07, 6.45) is 4.24. The number of nitrogens with one attached hydrogen (secondary N) is 1. The Bertz CT molecular complexity index is 424. The first-order valence-electron chi connectivity index (χ1n) is 6.82. The van der Waals surface area contributed by atoms with Crippen LogP contribution in [-0.2, 0) is 0 Å². The van der Waals surface area contributed by atoms with Crippen LogP contribution in [-0.4, -0.2) is 37.0 Å². The van der Waals surface area contributed by atoms with Crippen molar-refractivity contribution in [3.8, 4) is 0 Å². The van der Waals surface area contributed by atoms with Crippen LogP contribution in [0.15, 0.2) is 24.3 Å². The standard InChI is InChI=1S/C15H21FN2O/c1-17-13-7-9-14(10-8-13)18(2)15(19)11-3-5-12(16)6-4-11/h3-6,13-14,17H,7-10H2,1-2H3. The zero-order valence-electron chi connectivity index (χ0n) is 11.5. The van der Waals surface area contributed by atoms with Crippen molar-refractivity contribution in [2.45, 2.75) is 37.8 Å². The topological polar surface area (TPSA) is 32.3 Å². The Morgan fingerprint density at radius 1 is 1.21 bits per heavy atom. The Hall–Kier alpha value is -1.42. The average Bonchev–Trinajstić information content (AvgIpc) is 2.46. The Morgan fingerprint density at radius 3 is 2.32 bits per heavy atom. The summed E-state index contributed by atoms with van der Waals surface area (Å²) in [4.78, 5) is 14.1. The number of hydrogen-bond donors (Lipinski definition) is 1. The van der Waals surface area contributed by atoms with E-state index in [1.54, 1.807) is 17.0 Å². The summed E-state index contributed by atoms with van der Waals surface area (Å²) in [5, 5.41) is 3.29. The SMILES string of the molecule is CNC1CCC(N(C)C(=O)c2ccc(F)cc2)CC1. The number of hydrogen-bond acceptors (Lipinski definition) is 2. The highest BCUT2D eigenvalue weighted by atomic mass is 19.1. The Labute approximate surface area is 113 Å². The molecular formula is C15H21FN2O. The smallest absolute Gasteiger partial charge is 0.253 e. The van der Waals surface area contributed by atoms with Gasteiger partial charge in [0.2, 0.25) is 0 Å². The molecule has 1 aliphatic carbocycles. The molecule has 1 amide bonds. The summed E-state index contributed by atoms with van der Waals surface area (Å²) in [7, 11) is 3.83. The lowest BCUT2D eigenvalue weighted by Gasteiger charge is -2.34. The Kier molecular flexibility index (Phi) is 4.53. The van der Waals surface area contributed by atoms with Gasteiger partial charge in [-0.3, -0.25) is 4.79 Å². The van der Waals surface area contributed by atoms with E-state index < -0.39 is 0 Å². The van der Waals surface area contributed by atoms with E-state index in [0.717, 1.165) is 25.7 Å². The Balaban J connectivity index is 1.98. The lowest BCUT2D eigenvalue weighted by Crippen LogP contribution is -2.42. The van der Waals surface area contributed by atoms with Gasteiger partial charge in [0.25, 0.3) is 5.91 Å². The van der Waals surface area contributed by atoms with Crippen molar-refractivity contribution in [3.05, 3.63) is 35.6 Å². The summed E-state index contributed by atoms with van der Waals surface area (Å²) in [5.74, 6) is -0.332. The number of rotatable bonds is 3. The first kappa shape index (κ1) is 14.0. The van der Waals surface area contributed by atoms with Crippen molar-refractivity contribution in [2.24, 2.45) is 0 Å². The Morgan fingerprint density at radius 2 is 1.79 bits per heavy atom. The molecule has 1 saturated carbocycles. The fourth-order valence-corrected chi connectivity index (χ4v) is 2.71. The first-order valence-corrected chi connectivity index (χ1v) is 6.82. The van der Waals surface area contributed by atoms with Gasteiger partial charge in [0.15, 0.2) is 0 Å². The zero-order chi connectivity index (χ0) is 13.8. The van der Waals surface area contributed by atoms with Crippen LogP contribution in [0, 0.1) is 5.82 Å². The van der Waals surface area contributed by atoms with Gasteiger partial charge in [-0.05, 0) is 57.0 Å². The predicted molar refractivity (Wildman–Crippen MR) is 73.6 cm³/mol. The van der Waals surface area contributed by atoms with E-state index in [0.29, 0.717) is 17.6 Å². The molecule has 1 N–H and O–H groups in total. The van der Waals surface area contributed by atoms with Crippen molar-refractivity contribution in [3.63, 3.8) is 0 Å². The summed E-state index contributed by atoms with van der Waals surface area (Å²) in [6, 6.07) is 6.63. The van der Waals surface area contributed by atoms with Crippen LogP contribution in [0.25, 0.3) is 0 Å². The maximum Gasteiger partial charge on any atom is 0.253 e. The molecule has 1 aliphatic rings. The molecule has 0 saturated heterocycles. The molecule has 1 fully saturated rings. The third-order valence-electron chi connectivity index (χ3n) is 4.06. The van der Waals surface area contributed by atoms with E-state index in [1.165, 1.54) is 12.1 Å². The monoisotopic (exact) mass is 264 g/mol. The third-order valence-corrected chi connectivity index (χ3v) is 4.06. The van der Waals surface area contributed by atoms with Crippen molar-refractivity contribution >= 4 is 5.91 Å². The molecular weight excluding hydrogens is 243 g/mol. The number of benzene rings is 1. The van der Waals surface area contributed by atoms with Crippen molar-refractivity contribution in [2.75, 3.05) is 14.1 Å². The molecule has 0 heterocycles. The number of carbonyl (C=O) groups excluding carboxylic acids is 1. The molecule has 1 aromatic rings. The summed E-state index contributed by atoms with van der Waals surface area (Å²) >= 11 is 0. The van der Waals surface area contributed by atoms with Crippen LogP contribution in [0.5, 0.6) is 0 Å². The van der Waals surface area contributed by atoms with Crippen LogP contribution in [0.4, 0.5) is 4.39 Å². The molecule has 0 aliphatic heterocycles. The van der Waals surface area contributed by atoms with Crippen LogP contribution >= 0.6 is 0 Å². The van der Waals surface area contributed by atoms with Crippen molar-refractivity contribution in [1.29, 1.82) is 0 Å². The minimum absolute atomic E-state index is 0.0205. The lowest BCUT2D eigenvalue weighted by atomic mass is 9.90. The minimum atomic E-state index is -0.311. The molecule has 1 aromatic carbocycles. The molecule has 3 nitrogen and oxygen atoms in total. The van der Waals surface area contributed by atoms with Gasteiger partial charge < -0.3 is 10.2 Å². The maximum absolute atomic E-state index is 12.9. The lowest BCUT2D eigenvalue weighted by molar-refractivity contribution is 0.0685. The van der Waals surface area contributed by atoms with E-state index in [9.17, 15) is 9.18 Å². The molecule has 2 rings (SSSR count). The molecule has 0 aromatic heterocycles. The molecule has 104 valence electrons. The highest BCUT2D eigenvalue weighted by Crippen LogP contribution is 2.23. The fourth-order valence-electron chi connectivity index (χ4n) is 2.71. The highest BCUT2D eigenvalue weighted by Gasteiger charge is 2.26. The minimum Gasteiger partial charge on any atom is -0.339 e. The summed E-state index contributed by atoms with van der Waals surface area (Å²) < 4.78 is 12.9. The van der Waals surface area contributed by atoms with Crippen molar-refractivity contribution in [1.82, 2.24) is 10.2 Å².